The molecular formula is C16H22N2O3. The van der Waals surface area contributed by atoms with Crippen molar-refractivity contribution in [2.75, 3.05) is 26.4 Å². The van der Waals surface area contributed by atoms with Gasteiger partial charge in [-0.15, -0.1) is 0 Å². The van der Waals surface area contributed by atoms with E-state index in [2.05, 4.69) is 16.7 Å². The first-order valence-corrected chi connectivity index (χ1v) is 7.64. The van der Waals surface area contributed by atoms with Gasteiger partial charge in [0.05, 0.1) is 19.8 Å². The molecular weight excluding hydrogens is 268 g/mol. The average Bonchev–Trinajstić information content (AvgIpc) is 2.54. The minimum atomic E-state index is 0.0620. The van der Waals surface area contributed by atoms with Crippen molar-refractivity contribution in [2.45, 2.75) is 31.8 Å². The number of nitrogens with one attached hydrogen (secondary N) is 2. The Hall–Kier alpha value is -1.59. The van der Waals surface area contributed by atoms with Crippen molar-refractivity contribution in [1.29, 1.82) is 0 Å². The van der Waals surface area contributed by atoms with Gasteiger partial charge in [-0.3, -0.25) is 4.79 Å². The van der Waals surface area contributed by atoms with Crippen LogP contribution in [0, 0.1) is 0 Å². The van der Waals surface area contributed by atoms with Crippen LogP contribution in [0.15, 0.2) is 18.2 Å². The highest BCUT2D eigenvalue weighted by Crippen LogP contribution is 2.25. The molecule has 1 unspecified atom stereocenters. The summed E-state index contributed by atoms with van der Waals surface area (Å²) in [5.41, 5.74) is 2.37. The molecule has 0 radical (unpaired) electrons. The van der Waals surface area contributed by atoms with Crippen molar-refractivity contribution in [3.63, 3.8) is 0 Å². The predicted octanol–water partition coefficient (Wildman–Crippen LogP) is 1.01. The topological polar surface area (TPSA) is 59.6 Å². The normalized spacial score (nSPS) is 21.2. The van der Waals surface area contributed by atoms with Crippen LogP contribution in [-0.4, -0.2) is 38.3 Å². The number of carbonyl (C=O) groups excluding carboxylic acids is 1. The third kappa shape index (κ3) is 3.95. The van der Waals surface area contributed by atoms with E-state index in [1.807, 2.05) is 12.1 Å². The summed E-state index contributed by atoms with van der Waals surface area (Å²) in [5, 5.41) is 6.26. The number of hydrogen-bond acceptors (Lipinski definition) is 4. The first-order chi connectivity index (χ1) is 10.3. The second kappa shape index (κ2) is 6.91. The van der Waals surface area contributed by atoms with Crippen LogP contribution in [0.4, 0.5) is 0 Å². The third-order valence-corrected chi connectivity index (χ3v) is 3.89. The molecule has 5 heteroatoms. The summed E-state index contributed by atoms with van der Waals surface area (Å²) >= 11 is 0. The molecule has 21 heavy (non-hydrogen) atoms. The van der Waals surface area contributed by atoms with E-state index in [9.17, 15) is 4.79 Å². The van der Waals surface area contributed by atoms with E-state index >= 15 is 0 Å². The summed E-state index contributed by atoms with van der Waals surface area (Å²) in [6.45, 7) is 3.54. The molecule has 2 aliphatic heterocycles. The molecule has 0 aliphatic carbocycles. The summed E-state index contributed by atoms with van der Waals surface area (Å²) in [5.74, 6) is 1.05. The van der Waals surface area contributed by atoms with Gasteiger partial charge in [-0.25, -0.2) is 0 Å². The van der Waals surface area contributed by atoms with E-state index in [1.54, 1.807) is 0 Å². The van der Waals surface area contributed by atoms with Crippen LogP contribution in [0.25, 0.3) is 0 Å². The maximum atomic E-state index is 11.9. The standard InChI is InChI=1S/C16H22N2O3/c19-16(9-14-11-20-7-5-17-14)18-10-12-3-4-15-13(8-12)2-1-6-21-15/h3-4,8,14,17H,1-2,5-7,9-11H2,(H,18,19). The average molecular weight is 290 g/mol. The summed E-state index contributed by atoms with van der Waals surface area (Å²) in [6, 6.07) is 6.30. The lowest BCUT2D eigenvalue weighted by Gasteiger charge is -2.23. The number of amides is 1. The van der Waals surface area contributed by atoms with E-state index in [0.717, 1.165) is 43.9 Å². The lowest BCUT2D eigenvalue weighted by Crippen LogP contribution is -2.44. The van der Waals surface area contributed by atoms with Gasteiger partial charge in [0.25, 0.3) is 0 Å². The van der Waals surface area contributed by atoms with E-state index in [4.69, 9.17) is 9.47 Å². The fourth-order valence-electron chi connectivity index (χ4n) is 2.77. The summed E-state index contributed by atoms with van der Waals surface area (Å²) in [7, 11) is 0. The van der Waals surface area contributed by atoms with Gasteiger partial charge in [0.2, 0.25) is 5.91 Å². The first-order valence-electron chi connectivity index (χ1n) is 7.64. The highest BCUT2D eigenvalue weighted by molar-refractivity contribution is 5.76. The Kier molecular flexibility index (Phi) is 4.72. The Morgan fingerprint density at radius 3 is 3.19 bits per heavy atom. The van der Waals surface area contributed by atoms with Crippen LogP contribution in [-0.2, 0) is 22.5 Å². The molecule has 0 spiro atoms. The summed E-state index contributed by atoms with van der Waals surface area (Å²) < 4.78 is 10.9. The van der Waals surface area contributed by atoms with Gasteiger partial charge in [-0.1, -0.05) is 12.1 Å². The van der Waals surface area contributed by atoms with Crippen LogP contribution in [0.3, 0.4) is 0 Å². The number of aryl methyl sites for hydroxylation is 1. The smallest absolute Gasteiger partial charge is 0.221 e. The van der Waals surface area contributed by atoms with Crippen molar-refractivity contribution in [3.05, 3.63) is 29.3 Å². The number of carbonyl (C=O) groups is 1. The van der Waals surface area contributed by atoms with Gasteiger partial charge in [0, 0.05) is 25.6 Å². The molecule has 0 aromatic heterocycles. The molecule has 114 valence electrons. The number of morpholine rings is 1. The molecule has 1 amide bonds. The first kappa shape index (κ1) is 14.4. The van der Waals surface area contributed by atoms with Gasteiger partial charge in [-0.05, 0) is 30.0 Å². The van der Waals surface area contributed by atoms with E-state index in [-0.39, 0.29) is 11.9 Å². The third-order valence-electron chi connectivity index (χ3n) is 3.89. The highest BCUT2D eigenvalue weighted by Gasteiger charge is 2.17. The molecule has 2 aliphatic rings. The molecule has 2 heterocycles. The van der Waals surface area contributed by atoms with Crippen molar-refractivity contribution in [3.8, 4) is 5.75 Å². The van der Waals surface area contributed by atoms with Crippen LogP contribution in [0.1, 0.15) is 24.0 Å². The minimum Gasteiger partial charge on any atom is -0.493 e. The van der Waals surface area contributed by atoms with Gasteiger partial charge >= 0.3 is 0 Å². The number of hydrogen-bond donors (Lipinski definition) is 2. The van der Waals surface area contributed by atoms with E-state index in [1.165, 1.54) is 5.56 Å². The molecule has 1 aromatic rings. The Labute approximate surface area is 125 Å². The van der Waals surface area contributed by atoms with Crippen molar-refractivity contribution in [2.24, 2.45) is 0 Å². The second-order valence-corrected chi connectivity index (χ2v) is 5.60. The maximum Gasteiger partial charge on any atom is 0.221 e. The molecule has 1 fully saturated rings. The molecule has 0 saturated carbocycles. The van der Waals surface area contributed by atoms with Crippen LogP contribution < -0.4 is 15.4 Å². The lowest BCUT2D eigenvalue weighted by atomic mass is 10.0. The van der Waals surface area contributed by atoms with Gasteiger partial charge in [0.15, 0.2) is 0 Å². The number of fused-ring (bicyclic) bond motifs is 1. The van der Waals surface area contributed by atoms with Crippen LogP contribution >= 0.6 is 0 Å². The zero-order valence-corrected chi connectivity index (χ0v) is 12.2. The van der Waals surface area contributed by atoms with E-state index in [0.29, 0.717) is 19.6 Å². The lowest BCUT2D eigenvalue weighted by molar-refractivity contribution is -0.122. The summed E-state index contributed by atoms with van der Waals surface area (Å²) in [6.07, 6.45) is 2.59. The summed E-state index contributed by atoms with van der Waals surface area (Å²) in [4.78, 5) is 11.9. The molecule has 2 N–H and O–H groups in total. The fraction of sp³-hybridized carbons (Fsp3) is 0.562. The predicted molar refractivity (Wildman–Crippen MR) is 79.3 cm³/mol. The van der Waals surface area contributed by atoms with Crippen molar-refractivity contribution >= 4 is 5.91 Å². The zero-order valence-electron chi connectivity index (χ0n) is 12.2. The second-order valence-electron chi connectivity index (χ2n) is 5.60. The molecule has 3 rings (SSSR count). The Balaban J connectivity index is 1.49. The SMILES string of the molecule is O=C(CC1COCCN1)NCc1ccc2c(c1)CCCO2. The Morgan fingerprint density at radius 2 is 2.33 bits per heavy atom. The van der Waals surface area contributed by atoms with Crippen molar-refractivity contribution in [1.82, 2.24) is 10.6 Å². The Morgan fingerprint density at radius 1 is 1.38 bits per heavy atom. The van der Waals surface area contributed by atoms with Crippen LogP contribution in [0.5, 0.6) is 5.75 Å². The quantitative estimate of drug-likeness (QED) is 0.869. The maximum absolute atomic E-state index is 11.9. The van der Waals surface area contributed by atoms with Gasteiger partial charge in [0.1, 0.15) is 5.75 Å². The molecule has 1 aromatic carbocycles. The molecule has 1 saturated heterocycles. The number of rotatable bonds is 4. The van der Waals surface area contributed by atoms with Gasteiger partial charge < -0.3 is 20.1 Å². The monoisotopic (exact) mass is 290 g/mol. The molecule has 0 bridgehead atoms. The minimum absolute atomic E-state index is 0.0620. The largest absolute Gasteiger partial charge is 0.493 e. The highest BCUT2D eigenvalue weighted by atomic mass is 16.5. The van der Waals surface area contributed by atoms with E-state index < -0.39 is 0 Å². The number of benzene rings is 1. The zero-order chi connectivity index (χ0) is 14.5. The van der Waals surface area contributed by atoms with Crippen molar-refractivity contribution < 1.29 is 14.3 Å². The Bertz CT molecular complexity index is 498. The number of ether oxygens (including phenoxy) is 2. The fourth-order valence-corrected chi connectivity index (χ4v) is 2.77. The molecule has 1 atom stereocenters. The molecule has 5 nitrogen and oxygen atoms in total. The van der Waals surface area contributed by atoms with Gasteiger partial charge in [-0.2, -0.15) is 0 Å². The van der Waals surface area contributed by atoms with Crippen LogP contribution in [0.2, 0.25) is 0 Å².